The molecule has 0 amide bonds. The van der Waals surface area contributed by atoms with Gasteiger partial charge in [0.25, 0.3) is 0 Å². The van der Waals surface area contributed by atoms with E-state index in [4.69, 9.17) is 5.11 Å². The molecule has 0 aromatic carbocycles. The predicted octanol–water partition coefficient (Wildman–Crippen LogP) is 0.191. The van der Waals surface area contributed by atoms with Crippen molar-refractivity contribution in [2.45, 2.75) is 18.9 Å². The first kappa shape index (κ1) is 11.0. The number of aliphatic carboxylic acids is 1. The number of hydrazine groups is 1. The third-order valence-corrected chi connectivity index (χ3v) is 2.84. The molecule has 3 N–H and O–H groups in total. The van der Waals surface area contributed by atoms with E-state index in [1.165, 1.54) is 0 Å². The average Bonchev–Trinajstić information content (AvgIpc) is 2.66. The Labute approximate surface area is 93.9 Å². The summed E-state index contributed by atoms with van der Waals surface area (Å²) in [7, 11) is 0. The van der Waals surface area contributed by atoms with Crippen LogP contribution in [0, 0.1) is 5.92 Å². The molecule has 1 saturated heterocycles. The van der Waals surface area contributed by atoms with Crippen molar-refractivity contribution in [3.8, 4) is 0 Å². The number of aromatic nitrogens is 1. The molecule has 0 spiro atoms. The second-order valence-electron chi connectivity index (χ2n) is 4.06. The maximum absolute atomic E-state index is 10.7. The molecule has 5 nitrogen and oxygen atoms in total. The second-order valence-corrected chi connectivity index (χ2v) is 4.06. The van der Waals surface area contributed by atoms with Crippen LogP contribution in [0.5, 0.6) is 0 Å². The molecule has 1 aliphatic heterocycles. The highest BCUT2D eigenvalue weighted by Crippen LogP contribution is 2.16. The maximum atomic E-state index is 10.7. The number of rotatable bonds is 4. The summed E-state index contributed by atoms with van der Waals surface area (Å²) < 4.78 is 0. The monoisotopic (exact) mass is 221 g/mol. The summed E-state index contributed by atoms with van der Waals surface area (Å²) in [6.45, 7) is 0.798. The maximum Gasteiger partial charge on any atom is 0.304 e. The quantitative estimate of drug-likeness (QED) is 0.677. The Balaban J connectivity index is 1.96. The van der Waals surface area contributed by atoms with E-state index >= 15 is 0 Å². The van der Waals surface area contributed by atoms with Crippen LogP contribution in [0.15, 0.2) is 24.5 Å². The van der Waals surface area contributed by atoms with Crippen LogP contribution in [0.4, 0.5) is 0 Å². The van der Waals surface area contributed by atoms with E-state index in [2.05, 4.69) is 15.8 Å². The summed E-state index contributed by atoms with van der Waals surface area (Å²) in [6, 6.07) is 3.92. The van der Waals surface area contributed by atoms with Crippen molar-refractivity contribution in [3.05, 3.63) is 30.1 Å². The van der Waals surface area contributed by atoms with Gasteiger partial charge in [-0.05, 0) is 24.0 Å². The molecule has 86 valence electrons. The van der Waals surface area contributed by atoms with Gasteiger partial charge in [-0.25, -0.2) is 0 Å². The SMILES string of the molecule is O=C(O)CC1NNCC1Cc1cccnc1. The molecule has 2 heterocycles. The number of hydrogen-bond acceptors (Lipinski definition) is 4. The zero-order valence-electron chi connectivity index (χ0n) is 8.89. The molecule has 2 atom stereocenters. The van der Waals surface area contributed by atoms with Crippen LogP contribution in [0.3, 0.4) is 0 Å². The van der Waals surface area contributed by atoms with Crippen LogP contribution in [0.25, 0.3) is 0 Å². The fraction of sp³-hybridized carbons (Fsp3) is 0.455. The Kier molecular flexibility index (Phi) is 3.48. The number of carbonyl (C=O) groups is 1. The van der Waals surface area contributed by atoms with Gasteiger partial charge in [-0.1, -0.05) is 6.07 Å². The fourth-order valence-electron chi connectivity index (χ4n) is 2.02. The summed E-state index contributed by atoms with van der Waals surface area (Å²) in [5, 5.41) is 8.78. The van der Waals surface area contributed by atoms with Crippen LogP contribution < -0.4 is 10.9 Å². The molecule has 1 aromatic heterocycles. The number of nitrogens with one attached hydrogen (secondary N) is 2. The Morgan fingerprint density at radius 1 is 1.62 bits per heavy atom. The minimum Gasteiger partial charge on any atom is -0.481 e. The summed E-state index contributed by atoms with van der Waals surface area (Å²) in [5.74, 6) is -0.460. The Morgan fingerprint density at radius 2 is 2.50 bits per heavy atom. The largest absolute Gasteiger partial charge is 0.481 e. The summed E-state index contributed by atoms with van der Waals surface area (Å²) in [6.07, 6.45) is 4.57. The van der Waals surface area contributed by atoms with Gasteiger partial charge in [0.2, 0.25) is 0 Å². The van der Waals surface area contributed by atoms with Crippen LogP contribution >= 0.6 is 0 Å². The van der Waals surface area contributed by atoms with Gasteiger partial charge in [0.1, 0.15) is 0 Å². The lowest BCUT2D eigenvalue weighted by atomic mass is 9.93. The topological polar surface area (TPSA) is 74.2 Å². The van der Waals surface area contributed by atoms with Gasteiger partial charge in [-0.3, -0.25) is 20.6 Å². The number of nitrogens with zero attached hydrogens (tertiary/aromatic N) is 1. The fourth-order valence-corrected chi connectivity index (χ4v) is 2.02. The van der Waals surface area contributed by atoms with Gasteiger partial charge in [-0.15, -0.1) is 0 Å². The summed E-state index contributed by atoms with van der Waals surface area (Å²) >= 11 is 0. The molecule has 1 fully saturated rings. The first-order valence-corrected chi connectivity index (χ1v) is 5.35. The zero-order valence-corrected chi connectivity index (χ0v) is 8.89. The molecule has 1 aromatic rings. The van der Waals surface area contributed by atoms with Gasteiger partial charge in [0, 0.05) is 25.0 Å². The van der Waals surface area contributed by atoms with E-state index in [1.54, 1.807) is 6.20 Å². The highest BCUT2D eigenvalue weighted by molar-refractivity contribution is 5.67. The van der Waals surface area contributed by atoms with E-state index < -0.39 is 5.97 Å². The van der Waals surface area contributed by atoms with Gasteiger partial charge in [-0.2, -0.15) is 0 Å². The molecule has 0 radical (unpaired) electrons. The van der Waals surface area contributed by atoms with E-state index in [0.29, 0.717) is 5.92 Å². The number of carboxylic acids is 1. The highest BCUT2D eigenvalue weighted by atomic mass is 16.4. The standard InChI is InChI=1S/C11H15N3O2/c15-11(16)5-10-9(7-13-14-10)4-8-2-1-3-12-6-8/h1-3,6,9-10,13-14H,4-5,7H2,(H,15,16). The van der Waals surface area contributed by atoms with Crippen molar-refractivity contribution in [2.75, 3.05) is 6.54 Å². The highest BCUT2D eigenvalue weighted by Gasteiger charge is 2.28. The minimum absolute atomic E-state index is 0.00212. The lowest BCUT2D eigenvalue weighted by molar-refractivity contribution is -0.137. The lowest BCUT2D eigenvalue weighted by Gasteiger charge is -2.16. The molecule has 1 aliphatic rings. The number of hydrogen-bond donors (Lipinski definition) is 3. The Bertz CT molecular complexity index is 356. The number of pyridine rings is 1. The van der Waals surface area contributed by atoms with Crippen molar-refractivity contribution in [1.82, 2.24) is 15.8 Å². The van der Waals surface area contributed by atoms with Gasteiger partial charge >= 0.3 is 5.97 Å². The second kappa shape index (κ2) is 5.05. The molecule has 0 saturated carbocycles. The van der Waals surface area contributed by atoms with Crippen molar-refractivity contribution in [2.24, 2.45) is 5.92 Å². The number of carboxylic acid groups (broad SMARTS) is 1. The normalized spacial score (nSPS) is 24.5. The van der Waals surface area contributed by atoms with Crippen molar-refractivity contribution >= 4 is 5.97 Å². The molecule has 0 aliphatic carbocycles. The van der Waals surface area contributed by atoms with Crippen molar-refractivity contribution < 1.29 is 9.90 Å². The molecule has 2 rings (SSSR count). The Morgan fingerprint density at radius 3 is 3.19 bits per heavy atom. The molecule has 2 unspecified atom stereocenters. The van der Waals surface area contributed by atoms with Crippen LogP contribution in [-0.2, 0) is 11.2 Å². The van der Waals surface area contributed by atoms with E-state index in [0.717, 1.165) is 18.5 Å². The van der Waals surface area contributed by atoms with E-state index in [9.17, 15) is 4.79 Å². The lowest BCUT2D eigenvalue weighted by Crippen LogP contribution is -2.34. The average molecular weight is 221 g/mol. The molecular formula is C11H15N3O2. The molecule has 5 heteroatoms. The zero-order chi connectivity index (χ0) is 11.4. The third-order valence-electron chi connectivity index (χ3n) is 2.84. The molecule has 16 heavy (non-hydrogen) atoms. The van der Waals surface area contributed by atoms with E-state index in [-0.39, 0.29) is 12.5 Å². The van der Waals surface area contributed by atoms with Gasteiger partial charge in [0.15, 0.2) is 0 Å². The van der Waals surface area contributed by atoms with Gasteiger partial charge in [0.05, 0.1) is 6.42 Å². The Hall–Kier alpha value is -1.46. The minimum atomic E-state index is -0.766. The third kappa shape index (κ3) is 2.77. The van der Waals surface area contributed by atoms with Crippen molar-refractivity contribution in [1.29, 1.82) is 0 Å². The smallest absolute Gasteiger partial charge is 0.304 e. The van der Waals surface area contributed by atoms with Crippen LogP contribution in [0.2, 0.25) is 0 Å². The predicted molar refractivity (Wildman–Crippen MR) is 58.6 cm³/mol. The summed E-state index contributed by atoms with van der Waals surface area (Å²) in [4.78, 5) is 14.7. The van der Waals surface area contributed by atoms with Crippen LogP contribution in [-0.4, -0.2) is 28.6 Å². The molecule has 0 bridgehead atoms. The molecular weight excluding hydrogens is 206 g/mol. The van der Waals surface area contributed by atoms with Crippen molar-refractivity contribution in [3.63, 3.8) is 0 Å². The first-order chi connectivity index (χ1) is 7.75. The summed E-state index contributed by atoms with van der Waals surface area (Å²) in [5.41, 5.74) is 7.17. The first-order valence-electron chi connectivity index (χ1n) is 5.35. The van der Waals surface area contributed by atoms with Gasteiger partial charge < -0.3 is 5.11 Å². The van der Waals surface area contributed by atoms with E-state index in [1.807, 2.05) is 18.3 Å². The van der Waals surface area contributed by atoms with Crippen LogP contribution in [0.1, 0.15) is 12.0 Å².